The molecule has 0 bridgehead atoms. The first-order valence-corrected chi connectivity index (χ1v) is 14.3. The Bertz CT molecular complexity index is 1680. The Morgan fingerprint density at radius 2 is 1.93 bits per heavy atom. The van der Waals surface area contributed by atoms with Gasteiger partial charge in [-0.2, -0.15) is 5.26 Å². The molecule has 2 aliphatic rings. The van der Waals surface area contributed by atoms with Crippen LogP contribution >= 0.6 is 11.6 Å². The van der Waals surface area contributed by atoms with Gasteiger partial charge in [0.15, 0.2) is 0 Å². The van der Waals surface area contributed by atoms with E-state index in [1.165, 1.54) is 11.1 Å². The summed E-state index contributed by atoms with van der Waals surface area (Å²) in [5, 5.41) is 12.7. The molecule has 0 radical (unpaired) electrons. The Kier molecular flexibility index (Phi) is 7.38. The van der Waals surface area contributed by atoms with Gasteiger partial charge >= 0.3 is 6.03 Å². The third kappa shape index (κ3) is 5.50. The number of carbonyl (C=O) groups excluding carboxylic acids is 1. The number of urea groups is 1. The molecule has 1 aliphatic carbocycles. The second-order valence-corrected chi connectivity index (χ2v) is 11.3. The quantitative estimate of drug-likeness (QED) is 0.356. The van der Waals surface area contributed by atoms with Crippen LogP contribution in [0.25, 0.3) is 11.6 Å². The Morgan fingerprint density at radius 1 is 1.15 bits per heavy atom. The van der Waals surface area contributed by atoms with E-state index >= 15 is 0 Å². The van der Waals surface area contributed by atoms with Gasteiger partial charge in [-0.25, -0.2) is 9.78 Å². The average Bonchev–Trinajstić information content (AvgIpc) is 3.33. The van der Waals surface area contributed by atoms with Crippen molar-refractivity contribution >= 4 is 48.3 Å². The molecule has 1 unspecified atom stereocenters. The summed E-state index contributed by atoms with van der Waals surface area (Å²) in [5.41, 5.74) is 8.15. The van der Waals surface area contributed by atoms with Gasteiger partial charge in [0.05, 0.1) is 17.3 Å². The van der Waals surface area contributed by atoms with E-state index in [9.17, 15) is 4.79 Å². The standard InChI is InChI=1S/C32H30BClN6O/c1-20-36-10-13-40(20)19-24-14-23-15-26(34)4-7-28(23)30(31-29(24)16-25(33)18-37-31)22-8-11-39(12-9-22)32(41)38-27-5-2-21(17-35)3-6-27/h2-7,10,13-16,18,22,30H,8-9,11-12,19,33H2,1H3,(H,38,41). The second-order valence-electron chi connectivity index (χ2n) is 10.9. The Morgan fingerprint density at radius 3 is 2.63 bits per heavy atom. The van der Waals surface area contributed by atoms with Gasteiger partial charge in [-0.15, -0.1) is 0 Å². The molecule has 1 saturated heterocycles. The minimum absolute atomic E-state index is 0.0826. The Labute approximate surface area is 245 Å². The molecule has 0 spiro atoms. The number of nitrogens with zero attached hydrogens (tertiary/aromatic N) is 5. The van der Waals surface area contributed by atoms with Crippen molar-refractivity contribution in [1.29, 1.82) is 5.26 Å². The largest absolute Gasteiger partial charge is 0.331 e. The molecule has 1 fully saturated rings. The van der Waals surface area contributed by atoms with E-state index < -0.39 is 0 Å². The zero-order chi connectivity index (χ0) is 28.5. The van der Waals surface area contributed by atoms with E-state index in [2.05, 4.69) is 53.1 Å². The molecule has 204 valence electrons. The molecule has 2 aromatic heterocycles. The number of hydrogen-bond acceptors (Lipinski definition) is 4. The molecular formula is C32H30BClN6O. The van der Waals surface area contributed by atoms with Crippen molar-refractivity contribution in [2.75, 3.05) is 18.4 Å². The number of carbonyl (C=O) groups is 1. The zero-order valence-electron chi connectivity index (χ0n) is 23.1. The molecule has 9 heteroatoms. The van der Waals surface area contributed by atoms with Crippen LogP contribution in [0.5, 0.6) is 0 Å². The third-order valence-electron chi connectivity index (χ3n) is 8.24. The number of piperidine rings is 1. The minimum Gasteiger partial charge on any atom is -0.331 e. The summed E-state index contributed by atoms with van der Waals surface area (Å²) in [5.74, 6) is 1.36. The summed E-state index contributed by atoms with van der Waals surface area (Å²) >= 11 is 6.53. The second kappa shape index (κ2) is 11.3. The lowest BCUT2D eigenvalue weighted by molar-refractivity contribution is 0.177. The van der Waals surface area contributed by atoms with Crippen LogP contribution in [0.1, 0.15) is 52.5 Å². The normalized spacial score (nSPS) is 16.7. The van der Waals surface area contributed by atoms with Crippen molar-refractivity contribution < 1.29 is 4.79 Å². The van der Waals surface area contributed by atoms with Gasteiger partial charge in [0, 0.05) is 60.4 Å². The van der Waals surface area contributed by atoms with Crippen molar-refractivity contribution in [1.82, 2.24) is 19.4 Å². The highest BCUT2D eigenvalue weighted by atomic mass is 35.5. The van der Waals surface area contributed by atoms with Crippen molar-refractivity contribution in [3.8, 4) is 6.07 Å². The van der Waals surface area contributed by atoms with E-state index in [0.29, 0.717) is 41.8 Å². The number of imidazole rings is 1. The van der Waals surface area contributed by atoms with E-state index in [1.807, 2.05) is 36.5 Å². The van der Waals surface area contributed by atoms with Crippen molar-refractivity contribution in [2.45, 2.75) is 32.2 Å². The van der Waals surface area contributed by atoms with Crippen LogP contribution in [0.15, 0.2) is 67.1 Å². The van der Waals surface area contributed by atoms with Gasteiger partial charge < -0.3 is 14.8 Å². The number of hydrogen-bond donors (Lipinski definition) is 1. The topological polar surface area (TPSA) is 86.8 Å². The summed E-state index contributed by atoms with van der Waals surface area (Å²) in [7, 11) is 2.09. The van der Waals surface area contributed by atoms with Gasteiger partial charge in [-0.1, -0.05) is 29.2 Å². The fourth-order valence-electron chi connectivity index (χ4n) is 6.08. The van der Waals surface area contributed by atoms with Crippen molar-refractivity contribution in [3.63, 3.8) is 0 Å². The lowest BCUT2D eigenvalue weighted by Gasteiger charge is -2.37. The molecule has 4 aromatic rings. The highest BCUT2D eigenvalue weighted by Gasteiger charge is 2.35. The number of nitriles is 1. The number of likely N-dealkylation sites (tertiary alicyclic amines) is 1. The maximum atomic E-state index is 13.1. The number of rotatable bonds is 4. The zero-order valence-corrected chi connectivity index (χ0v) is 23.9. The molecule has 1 N–H and O–H groups in total. The third-order valence-corrected chi connectivity index (χ3v) is 8.47. The van der Waals surface area contributed by atoms with E-state index in [4.69, 9.17) is 21.8 Å². The lowest BCUT2D eigenvalue weighted by Crippen LogP contribution is -2.42. The van der Waals surface area contributed by atoms with Gasteiger partial charge in [-0.3, -0.25) is 4.98 Å². The van der Waals surface area contributed by atoms with E-state index in [0.717, 1.165) is 40.9 Å². The highest BCUT2D eigenvalue weighted by Crippen LogP contribution is 2.45. The predicted octanol–water partition coefficient (Wildman–Crippen LogP) is 5.00. The number of allylic oxidation sites excluding steroid dienone is 1. The Hall–Kier alpha value is -4.35. The first-order valence-electron chi connectivity index (χ1n) is 13.9. The van der Waals surface area contributed by atoms with Crippen molar-refractivity contribution in [2.24, 2.45) is 5.92 Å². The summed E-state index contributed by atoms with van der Waals surface area (Å²) in [4.78, 5) is 24.4. The number of fused-ring (bicyclic) bond motifs is 2. The molecule has 0 saturated carbocycles. The SMILES string of the molecule is Bc1cnc2c(c1)C(Cn1ccnc1C)=Cc1cc(Cl)ccc1C2C1CCN(C(=O)Nc2ccc(C#N)cc2)CC1. The van der Waals surface area contributed by atoms with Crippen LogP contribution < -0.4 is 10.8 Å². The van der Waals surface area contributed by atoms with Crippen LogP contribution in [-0.4, -0.2) is 46.4 Å². The molecule has 2 amide bonds. The number of amides is 2. The number of nitrogens with one attached hydrogen (secondary N) is 1. The Balaban J connectivity index is 1.29. The first kappa shape index (κ1) is 26.9. The summed E-state index contributed by atoms with van der Waals surface area (Å²) < 4.78 is 2.16. The fourth-order valence-corrected chi connectivity index (χ4v) is 6.26. The number of halogens is 1. The van der Waals surface area contributed by atoms with Crippen LogP contribution in [0.3, 0.4) is 0 Å². The smallest absolute Gasteiger partial charge is 0.321 e. The molecule has 1 atom stereocenters. The molecule has 3 heterocycles. The minimum atomic E-state index is -0.116. The van der Waals surface area contributed by atoms with E-state index in [-0.39, 0.29) is 11.9 Å². The molecular weight excluding hydrogens is 531 g/mol. The van der Waals surface area contributed by atoms with Gasteiger partial charge in [0.25, 0.3) is 0 Å². The first-order chi connectivity index (χ1) is 19.9. The van der Waals surface area contributed by atoms with Crippen LogP contribution in [0.4, 0.5) is 10.5 Å². The molecule has 1 aliphatic heterocycles. The summed E-state index contributed by atoms with van der Waals surface area (Å²) in [6.45, 7) is 4.02. The lowest BCUT2D eigenvalue weighted by atomic mass is 9.76. The van der Waals surface area contributed by atoms with Gasteiger partial charge in [0.2, 0.25) is 0 Å². The highest BCUT2D eigenvalue weighted by molar-refractivity contribution is 6.32. The molecule has 7 nitrogen and oxygen atoms in total. The summed E-state index contributed by atoms with van der Waals surface area (Å²) in [6, 6.07) is 17.4. The number of pyridine rings is 1. The average molecular weight is 561 g/mol. The predicted molar refractivity (Wildman–Crippen MR) is 165 cm³/mol. The van der Waals surface area contributed by atoms with Crippen LogP contribution in [-0.2, 0) is 6.54 Å². The maximum Gasteiger partial charge on any atom is 0.321 e. The van der Waals surface area contributed by atoms with Crippen molar-refractivity contribution in [3.05, 3.63) is 106 Å². The fraction of sp³-hybridized carbons (Fsp3) is 0.250. The number of aromatic nitrogens is 3. The van der Waals surface area contributed by atoms with Gasteiger partial charge in [0.1, 0.15) is 13.7 Å². The molecule has 2 aromatic carbocycles. The van der Waals surface area contributed by atoms with Gasteiger partial charge in [-0.05, 0) is 84.9 Å². The van der Waals surface area contributed by atoms with E-state index in [1.54, 1.807) is 24.3 Å². The molecule has 6 rings (SSSR count). The molecule has 41 heavy (non-hydrogen) atoms. The monoisotopic (exact) mass is 560 g/mol. The van der Waals surface area contributed by atoms with Crippen LogP contribution in [0.2, 0.25) is 5.02 Å². The summed E-state index contributed by atoms with van der Waals surface area (Å²) in [6.07, 6.45) is 9.80. The number of aryl methyl sites for hydroxylation is 1. The number of benzene rings is 2. The van der Waals surface area contributed by atoms with Crippen LogP contribution in [0, 0.1) is 24.2 Å². The number of anilines is 1. The maximum absolute atomic E-state index is 13.1.